The molecule has 1 aromatic rings. The van der Waals surface area contributed by atoms with Gasteiger partial charge >= 0.3 is 6.03 Å². The lowest BCUT2D eigenvalue weighted by molar-refractivity contribution is 0.216. The van der Waals surface area contributed by atoms with E-state index in [-0.39, 0.29) is 6.03 Å². The highest BCUT2D eigenvalue weighted by molar-refractivity contribution is 7.85. The lowest BCUT2D eigenvalue weighted by Gasteiger charge is -2.26. The lowest BCUT2D eigenvalue weighted by Crippen LogP contribution is -2.43. The van der Waals surface area contributed by atoms with Crippen molar-refractivity contribution < 1.29 is 9.00 Å². The molecule has 0 bridgehead atoms. The standard InChI is InChI=1S/C12H17N3O2S/c13-9-10-1-3-11(4-2-10)14-12(16)15-5-7-18(17)8-6-15/h1-4H,5-9,13H2,(H,14,16). The highest BCUT2D eigenvalue weighted by atomic mass is 32.2. The first-order valence-electron chi connectivity index (χ1n) is 5.89. The molecule has 98 valence electrons. The van der Waals surface area contributed by atoms with Crippen molar-refractivity contribution in [3.63, 3.8) is 0 Å². The second-order valence-corrected chi connectivity index (χ2v) is 5.86. The topological polar surface area (TPSA) is 75.4 Å². The van der Waals surface area contributed by atoms with Crippen molar-refractivity contribution in [2.75, 3.05) is 29.9 Å². The van der Waals surface area contributed by atoms with Crippen molar-refractivity contribution >= 4 is 22.5 Å². The van der Waals surface area contributed by atoms with Crippen LogP contribution in [-0.4, -0.2) is 39.7 Å². The summed E-state index contributed by atoms with van der Waals surface area (Å²) in [5.41, 5.74) is 7.29. The molecule has 1 saturated heterocycles. The Labute approximate surface area is 109 Å². The summed E-state index contributed by atoms with van der Waals surface area (Å²) in [5.74, 6) is 1.14. The summed E-state index contributed by atoms with van der Waals surface area (Å²) >= 11 is 0. The molecule has 0 atom stereocenters. The number of carbonyl (C=O) groups is 1. The fraction of sp³-hybridized carbons (Fsp3) is 0.417. The number of benzene rings is 1. The molecule has 3 N–H and O–H groups in total. The number of nitrogens with zero attached hydrogens (tertiary/aromatic N) is 1. The molecule has 18 heavy (non-hydrogen) atoms. The maximum absolute atomic E-state index is 11.9. The van der Waals surface area contributed by atoms with E-state index in [1.165, 1.54) is 0 Å². The van der Waals surface area contributed by atoms with Crippen LogP contribution >= 0.6 is 0 Å². The van der Waals surface area contributed by atoms with Crippen molar-refractivity contribution in [2.45, 2.75) is 6.54 Å². The molecule has 1 fully saturated rings. The maximum Gasteiger partial charge on any atom is 0.321 e. The Morgan fingerprint density at radius 1 is 1.28 bits per heavy atom. The third-order valence-corrected chi connectivity index (χ3v) is 4.18. The van der Waals surface area contributed by atoms with E-state index in [2.05, 4.69) is 5.32 Å². The molecule has 0 aromatic heterocycles. The van der Waals surface area contributed by atoms with E-state index in [1.54, 1.807) is 4.90 Å². The number of urea groups is 1. The molecule has 1 aliphatic heterocycles. The quantitative estimate of drug-likeness (QED) is 0.830. The van der Waals surface area contributed by atoms with Gasteiger partial charge in [-0.1, -0.05) is 12.1 Å². The van der Waals surface area contributed by atoms with Gasteiger partial charge < -0.3 is 16.0 Å². The Morgan fingerprint density at radius 3 is 2.44 bits per heavy atom. The molecule has 0 aliphatic carbocycles. The van der Waals surface area contributed by atoms with Crippen LogP contribution < -0.4 is 11.1 Å². The summed E-state index contributed by atoms with van der Waals surface area (Å²) in [5, 5.41) is 2.82. The second-order valence-electron chi connectivity index (χ2n) is 4.17. The van der Waals surface area contributed by atoms with Gasteiger partial charge in [0.05, 0.1) is 0 Å². The van der Waals surface area contributed by atoms with Crippen molar-refractivity contribution in [1.29, 1.82) is 0 Å². The van der Waals surface area contributed by atoms with Crippen LogP contribution in [0.1, 0.15) is 5.56 Å². The van der Waals surface area contributed by atoms with Gasteiger partial charge in [-0.2, -0.15) is 0 Å². The molecule has 2 rings (SSSR count). The van der Waals surface area contributed by atoms with Crippen LogP contribution in [0.4, 0.5) is 10.5 Å². The van der Waals surface area contributed by atoms with Crippen LogP contribution in [0.3, 0.4) is 0 Å². The maximum atomic E-state index is 11.9. The zero-order valence-electron chi connectivity index (χ0n) is 10.1. The Morgan fingerprint density at radius 2 is 1.89 bits per heavy atom. The van der Waals surface area contributed by atoms with Crippen molar-refractivity contribution in [1.82, 2.24) is 4.90 Å². The van der Waals surface area contributed by atoms with Gasteiger partial charge in [-0.3, -0.25) is 4.21 Å². The van der Waals surface area contributed by atoms with Crippen molar-refractivity contribution in [2.24, 2.45) is 5.73 Å². The molecule has 0 saturated carbocycles. The highest BCUT2D eigenvalue weighted by Crippen LogP contribution is 2.11. The summed E-state index contributed by atoms with van der Waals surface area (Å²) in [6.07, 6.45) is 0. The molecule has 0 spiro atoms. The predicted octanol–water partition coefficient (Wildman–Crippen LogP) is 0.741. The van der Waals surface area contributed by atoms with Crippen LogP contribution in [0.2, 0.25) is 0 Å². The molecule has 0 radical (unpaired) electrons. The molecular formula is C12H17N3O2S. The van der Waals surface area contributed by atoms with Gasteiger partial charge in [0.15, 0.2) is 0 Å². The summed E-state index contributed by atoms with van der Waals surface area (Å²) in [4.78, 5) is 13.6. The molecule has 2 amide bonds. The minimum atomic E-state index is -0.764. The summed E-state index contributed by atoms with van der Waals surface area (Å²) in [6, 6.07) is 7.32. The number of nitrogens with two attached hydrogens (primary N) is 1. The average Bonchev–Trinajstić information content (AvgIpc) is 2.40. The van der Waals surface area contributed by atoms with E-state index < -0.39 is 10.8 Å². The smallest absolute Gasteiger partial charge is 0.321 e. The monoisotopic (exact) mass is 267 g/mol. The van der Waals surface area contributed by atoms with E-state index >= 15 is 0 Å². The largest absolute Gasteiger partial charge is 0.326 e. The first kappa shape index (κ1) is 13.0. The predicted molar refractivity (Wildman–Crippen MR) is 72.8 cm³/mol. The summed E-state index contributed by atoms with van der Waals surface area (Å²) in [6.45, 7) is 1.60. The minimum absolute atomic E-state index is 0.132. The molecule has 5 nitrogen and oxygen atoms in total. The number of carbonyl (C=O) groups excluding carboxylic acids is 1. The lowest BCUT2D eigenvalue weighted by atomic mass is 10.2. The second kappa shape index (κ2) is 5.97. The number of amides is 2. The molecule has 6 heteroatoms. The normalized spacial score (nSPS) is 16.6. The van der Waals surface area contributed by atoms with Crippen LogP contribution in [0.15, 0.2) is 24.3 Å². The van der Waals surface area contributed by atoms with Gasteiger partial charge in [-0.15, -0.1) is 0 Å². The van der Waals surface area contributed by atoms with Crippen LogP contribution in [0.25, 0.3) is 0 Å². The number of rotatable bonds is 2. The molecule has 1 heterocycles. The summed E-state index contributed by atoms with van der Waals surface area (Å²) < 4.78 is 11.2. The van der Waals surface area contributed by atoms with Crippen molar-refractivity contribution in [3.05, 3.63) is 29.8 Å². The van der Waals surface area contributed by atoms with Gasteiger partial charge in [0.1, 0.15) is 0 Å². The van der Waals surface area contributed by atoms with Crippen LogP contribution in [-0.2, 0) is 17.3 Å². The first-order valence-corrected chi connectivity index (χ1v) is 7.38. The fourth-order valence-corrected chi connectivity index (χ4v) is 2.82. The average molecular weight is 267 g/mol. The van der Waals surface area contributed by atoms with Gasteiger partial charge in [0.2, 0.25) is 0 Å². The van der Waals surface area contributed by atoms with Crippen LogP contribution in [0, 0.1) is 0 Å². The number of nitrogens with one attached hydrogen (secondary N) is 1. The number of hydrogen-bond donors (Lipinski definition) is 2. The van der Waals surface area contributed by atoms with E-state index in [0.717, 1.165) is 11.3 Å². The first-order chi connectivity index (χ1) is 8.69. The Balaban J connectivity index is 1.92. The highest BCUT2D eigenvalue weighted by Gasteiger charge is 2.19. The van der Waals surface area contributed by atoms with Crippen molar-refractivity contribution in [3.8, 4) is 0 Å². The van der Waals surface area contributed by atoms with E-state index in [0.29, 0.717) is 31.1 Å². The third-order valence-electron chi connectivity index (χ3n) is 2.91. The molecule has 1 aromatic carbocycles. The number of anilines is 1. The van der Waals surface area contributed by atoms with Crippen LogP contribution in [0.5, 0.6) is 0 Å². The molecular weight excluding hydrogens is 250 g/mol. The van der Waals surface area contributed by atoms with E-state index in [9.17, 15) is 9.00 Å². The Bertz CT molecular complexity index is 437. The SMILES string of the molecule is NCc1ccc(NC(=O)N2CCS(=O)CC2)cc1. The van der Waals surface area contributed by atoms with Gasteiger partial charge in [0, 0.05) is 47.6 Å². The van der Waals surface area contributed by atoms with Gasteiger partial charge in [-0.05, 0) is 17.7 Å². The van der Waals surface area contributed by atoms with Gasteiger partial charge in [-0.25, -0.2) is 4.79 Å². The third kappa shape index (κ3) is 3.30. The summed E-state index contributed by atoms with van der Waals surface area (Å²) in [7, 11) is -0.764. The molecule has 0 unspecified atom stereocenters. The fourth-order valence-electron chi connectivity index (χ4n) is 1.77. The Kier molecular flexibility index (Phi) is 4.33. The van der Waals surface area contributed by atoms with Gasteiger partial charge in [0.25, 0.3) is 0 Å². The zero-order chi connectivity index (χ0) is 13.0. The van der Waals surface area contributed by atoms with E-state index in [4.69, 9.17) is 5.73 Å². The minimum Gasteiger partial charge on any atom is -0.326 e. The van der Waals surface area contributed by atoms with E-state index in [1.807, 2.05) is 24.3 Å². The Hall–Kier alpha value is -1.40. The zero-order valence-corrected chi connectivity index (χ0v) is 10.9. The molecule has 1 aliphatic rings. The number of hydrogen-bond acceptors (Lipinski definition) is 3.